The first kappa shape index (κ1) is 12.0. The van der Waals surface area contributed by atoms with Gasteiger partial charge in [0.1, 0.15) is 0 Å². The van der Waals surface area contributed by atoms with E-state index >= 15 is 0 Å². The fraction of sp³-hybridized carbons (Fsp3) is 0.800. The number of rotatable bonds is 3. The largest absolute Gasteiger partial charge is 0.347 e. The second-order valence-electron chi connectivity index (χ2n) is 3.90. The van der Waals surface area contributed by atoms with Crippen LogP contribution in [0.15, 0.2) is 0 Å². The van der Waals surface area contributed by atoms with Gasteiger partial charge in [-0.25, -0.2) is 0 Å². The summed E-state index contributed by atoms with van der Waals surface area (Å²) in [5, 5.41) is 5.77. The Morgan fingerprint density at radius 2 is 2.00 bits per heavy atom. The highest BCUT2D eigenvalue weighted by molar-refractivity contribution is 5.83. The summed E-state index contributed by atoms with van der Waals surface area (Å²) >= 11 is 0. The molecule has 0 aromatic heterocycles. The topological polar surface area (TPSA) is 61.4 Å². The molecule has 0 aliphatic carbocycles. The van der Waals surface area contributed by atoms with Crippen molar-refractivity contribution in [3.63, 3.8) is 0 Å². The Balaban J connectivity index is 2.33. The van der Waals surface area contributed by atoms with E-state index in [-0.39, 0.29) is 18.4 Å². The Bertz CT molecular complexity index is 237. The van der Waals surface area contributed by atoms with Crippen LogP contribution in [0.25, 0.3) is 0 Å². The smallest absolute Gasteiger partial charge is 0.241 e. The number of likely N-dealkylation sites (N-methyl/N-ethyl adjacent to an activating group) is 1. The van der Waals surface area contributed by atoms with Gasteiger partial charge in [-0.2, -0.15) is 0 Å². The standard InChI is InChI=1S/C10H19N3O2/c1-8(14)12-7-10(15)13(2)9-3-5-11-6-4-9/h9,11H,3-7H2,1-2H3,(H,12,14). The van der Waals surface area contributed by atoms with Crippen LogP contribution in [0.3, 0.4) is 0 Å². The zero-order valence-electron chi connectivity index (χ0n) is 9.38. The highest BCUT2D eigenvalue weighted by atomic mass is 16.2. The number of carbonyl (C=O) groups is 2. The van der Waals surface area contributed by atoms with E-state index in [9.17, 15) is 9.59 Å². The first-order valence-electron chi connectivity index (χ1n) is 5.32. The minimum Gasteiger partial charge on any atom is -0.347 e. The number of amides is 2. The molecule has 0 saturated carbocycles. The maximum atomic E-state index is 11.6. The molecule has 0 radical (unpaired) electrons. The summed E-state index contributed by atoms with van der Waals surface area (Å²) in [6.45, 7) is 3.44. The van der Waals surface area contributed by atoms with Crippen LogP contribution < -0.4 is 10.6 Å². The molecule has 0 aromatic carbocycles. The second kappa shape index (κ2) is 5.70. The normalized spacial score (nSPS) is 17.2. The molecule has 1 rings (SSSR count). The lowest BCUT2D eigenvalue weighted by Crippen LogP contribution is -2.47. The van der Waals surface area contributed by atoms with Crippen LogP contribution in [-0.4, -0.2) is 49.4 Å². The third-order valence-corrected chi connectivity index (χ3v) is 2.74. The van der Waals surface area contributed by atoms with Gasteiger partial charge in [0.05, 0.1) is 6.54 Å². The molecule has 0 unspecified atom stereocenters. The Kier molecular flexibility index (Phi) is 4.55. The van der Waals surface area contributed by atoms with E-state index in [4.69, 9.17) is 0 Å². The Labute approximate surface area is 90.2 Å². The minimum atomic E-state index is -0.165. The lowest BCUT2D eigenvalue weighted by atomic mass is 10.1. The van der Waals surface area contributed by atoms with Gasteiger partial charge in [-0.05, 0) is 25.9 Å². The molecular formula is C10H19N3O2. The van der Waals surface area contributed by atoms with Crippen LogP contribution in [0.4, 0.5) is 0 Å². The van der Waals surface area contributed by atoms with Gasteiger partial charge >= 0.3 is 0 Å². The third-order valence-electron chi connectivity index (χ3n) is 2.74. The molecule has 0 spiro atoms. The van der Waals surface area contributed by atoms with E-state index in [2.05, 4.69) is 10.6 Å². The fourth-order valence-corrected chi connectivity index (χ4v) is 1.72. The summed E-state index contributed by atoms with van der Waals surface area (Å²) in [7, 11) is 1.81. The minimum absolute atomic E-state index is 0.0166. The molecule has 0 bridgehead atoms. The molecule has 0 aromatic rings. The summed E-state index contributed by atoms with van der Waals surface area (Å²) in [4.78, 5) is 24.0. The first-order chi connectivity index (χ1) is 7.11. The molecule has 5 nitrogen and oxygen atoms in total. The lowest BCUT2D eigenvalue weighted by molar-refractivity contribution is -0.133. The van der Waals surface area contributed by atoms with E-state index in [1.54, 1.807) is 11.9 Å². The van der Waals surface area contributed by atoms with Crippen molar-refractivity contribution in [2.75, 3.05) is 26.7 Å². The van der Waals surface area contributed by atoms with E-state index in [1.807, 2.05) is 0 Å². The van der Waals surface area contributed by atoms with Crippen molar-refractivity contribution in [2.45, 2.75) is 25.8 Å². The van der Waals surface area contributed by atoms with Gasteiger partial charge in [0.25, 0.3) is 0 Å². The zero-order chi connectivity index (χ0) is 11.3. The Morgan fingerprint density at radius 1 is 1.40 bits per heavy atom. The van der Waals surface area contributed by atoms with Gasteiger partial charge in [0, 0.05) is 20.0 Å². The van der Waals surface area contributed by atoms with Crippen molar-refractivity contribution in [2.24, 2.45) is 0 Å². The molecule has 1 heterocycles. The van der Waals surface area contributed by atoms with Gasteiger partial charge in [0.2, 0.25) is 11.8 Å². The first-order valence-corrected chi connectivity index (χ1v) is 5.32. The summed E-state index contributed by atoms with van der Waals surface area (Å²) in [6.07, 6.45) is 1.98. The van der Waals surface area contributed by atoms with Gasteiger partial charge in [0.15, 0.2) is 0 Å². The van der Waals surface area contributed by atoms with Crippen molar-refractivity contribution < 1.29 is 9.59 Å². The summed E-state index contributed by atoms with van der Waals surface area (Å²) < 4.78 is 0. The number of nitrogens with one attached hydrogen (secondary N) is 2. The molecule has 1 saturated heterocycles. The predicted octanol–water partition coefficient (Wildman–Crippen LogP) is -0.667. The number of hydrogen-bond donors (Lipinski definition) is 2. The quantitative estimate of drug-likeness (QED) is 0.654. The maximum absolute atomic E-state index is 11.6. The van der Waals surface area contributed by atoms with E-state index < -0.39 is 0 Å². The SMILES string of the molecule is CC(=O)NCC(=O)N(C)C1CCNCC1. The van der Waals surface area contributed by atoms with Crippen molar-refractivity contribution in [1.82, 2.24) is 15.5 Å². The van der Waals surface area contributed by atoms with E-state index in [0.717, 1.165) is 25.9 Å². The van der Waals surface area contributed by atoms with Crippen molar-refractivity contribution in [3.8, 4) is 0 Å². The Morgan fingerprint density at radius 3 is 2.53 bits per heavy atom. The molecule has 2 amide bonds. The molecule has 0 atom stereocenters. The van der Waals surface area contributed by atoms with Gasteiger partial charge in [-0.1, -0.05) is 0 Å². The van der Waals surface area contributed by atoms with Gasteiger partial charge < -0.3 is 15.5 Å². The Hall–Kier alpha value is -1.10. The molecule has 1 fully saturated rings. The van der Waals surface area contributed by atoms with Crippen molar-refractivity contribution >= 4 is 11.8 Å². The molecule has 1 aliphatic heterocycles. The van der Waals surface area contributed by atoms with Crippen LogP contribution in [-0.2, 0) is 9.59 Å². The predicted molar refractivity (Wildman–Crippen MR) is 57.3 cm³/mol. The van der Waals surface area contributed by atoms with Crippen LogP contribution >= 0.6 is 0 Å². The second-order valence-corrected chi connectivity index (χ2v) is 3.90. The average molecular weight is 213 g/mol. The molecular weight excluding hydrogens is 194 g/mol. The summed E-state index contributed by atoms with van der Waals surface area (Å²) in [5.74, 6) is -0.181. The van der Waals surface area contributed by atoms with E-state index in [1.165, 1.54) is 6.92 Å². The fourth-order valence-electron chi connectivity index (χ4n) is 1.72. The van der Waals surface area contributed by atoms with Crippen LogP contribution in [0.5, 0.6) is 0 Å². The molecule has 1 aliphatic rings. The lowest BCUT2D eigenvalue weighted by Gasteiger charge is -2.31. The molecule has 86 valence electrons. The summed E-state index contributed by atoms with van der Waals surface area (Å²) in [5.41, 5.74) is 0. The highest BCUT2D eigenvalue weighted by Crippen LogP contribution is 2.09. The van der Waals surface area contributed by atoms with E-state index in [0.29, 0.717) is 6.04 Å². The monoisotopic (exact) mass is 213 g/mol. The highest BCUT2D eigenvalue weighted by Gasteiger charge is 2.21. The number of piperidine rings is 1. The van der Waals surface area contributed by atoms with Crippen molar-refractivity contribution in [3.05, 3.63) is 0 Å². The number of nitrogens with zero attached hydrogens (tertiary/aromatic N) is 1. The zero-order valence-corrected chi connectivity index (χ0v) is 9.38. The third kappa shape index (κ3) is 3.87. The van der Waals surface area contributed by atoms with Crippen LogP contribution in [0.1, 0.15) is 19.8 Å². The van der Waals surface area contributed by atoms with Crippen LogP contribution in [0.2, 0.25) is 0 Å². The van der Waals surface area contributed by atoms with Gasteiger partial charge in [-0.3, -0.25) is 9.59 Å². The average Bonchev–Trinajstić information content (AvgIpc) is 2.26. The molecule has 15 heavy (non-hydrogen) atoms. The van der Waals surface area contributed by atoms with Crippen molar-refractivity contribution in [1.29, 1.82) is 0 Å². The summed E-state index contributed by atoms with van der Waals surface area (Å²) in [6, 6.07) is 0.313. The van der Waals surface area contributed by atoms with Crippen LogP contribution in [0, 0.1) is 0 Å². The number of carbonyl (C=O) groups excluding carboxylic acids is 2. The molecule has 2 N–H and O–H groups in total. The maximum Gasteiger partial charge on any atom is 0.241 e. The number of hydrogen-bond acceptors (Lipinski definition) is 3. The van der Waals surface area contributed by atoms with Gasteiger partial charge in [-0.15, -0.1) is 0 Å². The molecule has 5 heteroatoms.